The average Bonchev–Trinajstić information content (AvgIpc) is 2.74. The van der Waals surface area contributed by atoms with E-state index in [4.69, 9.17) is 10.2 Å². The number of benzene rings is 1. The Morgan fingerprint density at radius 2 is 1.95 bits per heavy atom. The fourth-order valence-corrected chi connectivity index (χ4v) is 3.55. The summed E-state index contributed by atoms with van der Waals surface area (Å²) in [6, 6.07) is 6.84. The van der Waals surface area contributed by atoms with E-state index >= 15 is 0 Å². The van der Waals surface area contributed by atoms with Crippen LogP contribution in [-0.4, -0.2) is 19.8 Å². The van der Waals surface area contributed by atoms with Crippen molar-refractivity contribution in [2.24, 2.45) is 0 Å². The molecule has 0 bridgehead atoms. The lowest BCUT2D eigenvalue weighted by Gasteiger charge is -2.19. The van der Waals surface area contributed by atoms with Crippen LogP contribution in [0.2, 0.25) is 0 Å². The Bertz CT molecular complexity index is 700. The zero-order chi connectivity index (χ0) is 14.9. The first-order valence-corrected chi connectivity index (χ1v) is 7.62. The monoisotopic (exact) mass is 294 g/mol. The van der Waals surface area contributed by atoms with Crippen LogP contribution in [0.25, 0.3) is 0 Å². The van der Waals surface area contributed by atoms with Crippen LogP contribution in [0.15, 0.2) is 39.8 Å². The molecular formula is C14H18N2O3S. The Kier molecular flexibility index (Phi) is 3.87. The lowest BCUT2D eigenvalue weighted by molar-refractivity contribution is 0.459. The molecule has 0 radical (unpaired) electrons. The molecule has 0 unspecified atom stereocenters. The third-order valence-electron chi connectivity index (χ3n) is 3.27. The molecular weight excluding hydrogens is 276 g/mol. The third-order valence-corrected chi connectivity index (χ3v) is 5.29. The largest absolute Gasteiger partial charge is 0.469 e. The molecule has 1 aromatic carbocycles. The highest BCUT2D eigenvalue weighted by Crippen LogP contribution is 2.26. The minimum absolute atomic E-state index is 0.170. The lowest BCUT2D eigenvalue weighted by Crippen LogP contribution is -2.28. The third kappa shape index (κ3) is 2.57. The zero-order valence-corrected chi connectivity index (χ0v) is 12.6. The molecule has 0 atom stereocenters. The van der Waals surface area contributed by atoms with Crippen LogP contribution >= 0.6 is 0 Å². The summed E-state index contributed by atoms with van der Waals surface area (Å²) in [4.78, 5) is 0.170. The number of nitrogens with two attached hydrogens (primary N) is 1. The standard InChI is InChI=1S/C14H18N2O3S/c1-10-5-4-6-13(15)14(10)20(17,18)16(3)9-12-7-8-19-11(12)2/h4-8H,9,15H2,1-3H3. The van der Waals surface area contributed by atoms with Crippen molar-refractivity contribution in [3.8, 4) is 0 Å². The molecule has 0 amide bonds. The molecule has 108 valence electrons. The maximum Gasteiger partial charge on any atom is 0.245 e. The van der Waals surface area contributed by atoms with Crippen LogP contribution in [0.1, 0.15) is 16.9 Å². The fourth-order valence-electron chi connectivity index (χ4n) is 2.08. The van der Waals surface area contributed by atoms with Crippen LogP contribution in [0.5, 0.6) is 0 Å². The van der Waals surface area contributed by atoms with Gasteiger partial charge in [0.25, 0.3) is 0 Å². The van der Waals surface area contributed by atoms with E-state index in [9.17, 15) is 8.42 Å². The van der Waals surface area contributed by atoms with Crippen molar-refractivity contribution in [2.75, 3.05) is 12.8 Å². The van der Waals surface area contributed by atoms with E-state index in [1.807, 2.05) is 0 Å². The first-order chi connectivity index (χ1) is 9.34. The SMILES string of the molecule is Cc1cccc(N)c1S(=O)(=O)N(C)Cc1ccoc1C. The number of furan rings is 1. The normalized spacial score (nSPS) is 12.0. The smallest absolute Gasteiger partial charge is 0.245 e. The second-order valence-electron chi connectivity index (χ2n) is 4.76. The van der Waals surface area contributed by atoms with Gasteiger partial charge in [-0.1, -0.05) is 12.1 Å². The first-order valence-electron chi connectivity index (χ1n) is 6.18. The molecule has 6 heteroatoms. The highest BCUT2D eigenvalue weighted by Gasteiger charge is 2.25. The number of anilines is 1. The van der Waals surface area contributed by atoms with Gasteiger partial charge in [0, 0.05) is 19.2 Å². The summed E-state index contributed by atoms with van der Waals surface area (Å²) in [6.45, 7) is 3.79. The van der Waals surface area contributed by atoms with E-state index in [1.54, 1.807) is 44.4 Å². The second kappa shape index (κ2) is 5.30. The number of aryl methyl sites for hydroxylation is 2. The minimum Gasteiger partial charge on any atom is -0.469 e. The Labute approximate surface area is 119 Å². The molecule has 5 nitrogen and oxygen atoms in total. The topological polar surface area (TPSA) is 76.5 Å². The van der Waals surface area contributed by atoms with E-state index in [-0.39, 0.29) is 17.1 Å². The number of sulfonamides is 1. The number of nitrogens with zero attached hydrogens (tertiary/aromatic N) is 1. The van der Waals surface area contributed by atoms with Gasteiger partial charge in [-0.25, -0.2) is 8.42 Å². The van der Waals surface area contributed by atoms with Crippen molar-refractivity contribution in [3.63, 3.8) is 0 Å². The predicted octanol–water partition coefficient (Wildman–Crippen LogP) is 2.30. The van der Waals surface area contributed by atoms with Crippen LogP contribution in [-0.2, 0) is 16.6 Å². The molecule has 0 saturated carbocycles. The number of nitrogen functional groups attached to an aromatic ring is 1. The van der Waals surface area contributed by atoms with Crippen LogP contribution < -0.4 is 5.73 Å². The van der Waals surface area contributed by atoms with Crippen molar-refractivity contribution in [2.45, 2.75) is 25.3 Å². The molecule has 0 saturated heterocycles. The quantitative estimate of drug-likeness (QED) is 0.878. The minimum atomic E-state index is -3.63. The molecule has 2 rings (SSSR count). The average molecular weight is 294 g/mol. The van der Waals surface area contributed by atoms with Gasteiger partial charge in [0.05, 0.1) is 12.0 Å². The Balaban J connectivity index is 2.38. The molecule has 1 heterocycles. The fraction of sp³-hybridized carbons (Fsp3) is 0.286. The van der Waals surface area contributed by atoms with E-state index in [2.05, 4.69) is 0 Å². The predicted molar refractivity (Wildman–Crippen MR) is 77.7 cm³/mol. The maximum absolute atomic E-state index is 12.6. The molecule has 0 fully saturated rings. The van der Waals surface area contributed by atoms with E-state index in [0.29, 0.717) is 11.3 Å². The Hall–Kier alpha value is -1.79. The van der Waals surface area contributed by atoms with Crippen LogP contribution in [0.4, 0.5) is 5.69 Å². The Morgan fingerprint density at radius 1 is 1.25 bits per heavy atom. The van der Waals surface area contributed by atoms with Crippen molar-refractivity contribution >= 4 is 15.7 Å². The zero-order valence-electron chi connectivity index (χ0n) is 11.8. The summed E-state index contributed by atoms with van der Waals surface area (Å²) in [5.41, 5.74) is 7.56. The van der Waals surface area contributed by atoms with E-state index in [0.717, 1.165) is 5.56 Å². The summed E-state index contributed by atoms with van der Waals surface area (Å²) in [5.74, 6) is 0.713. The van der Waals surface area contributed by atoms with E-state index < -0.39 is 10.0 Å². The van der Waals surface area contributed by atoms with Crippen molar-refractivity contribution in [1.29, 1.82) is 0 Å². The van der Waals surface area contributed by atoms with Gasteiger partial charge in [-0.15, -0.1) is 0 Å². The molecule has 0 aliphatic carbocycles. The first kappa shape index (κ1) is 14.6. The van der Waals surface area contributed by atoms with Gasteiger partial charge >= 0.3 is 0 Å². The summed E-state index contributed by atoms with van der Waals surface area (Å²) in [6.07, 6.45) is 1.55. The maximum atomic E-state index is 12.6. The molecule has 0 aliphatic heterocycles. The van der Waals surface area contributed by atoms with Crippen LogP contribution in [0, 0.1) is 13.8 Å². The van der Waals surface area contributed by atoms with Gasteiger partial charge in [0.15, 0.2) is 0 Å². The van der Waals surface area contributed by atoms with Crippen molar-refractivity contribution < 1.29 is 12.8 Å². The molecule has 2 aromatic rings. The summed E-state index contributed by atoms with van der Waals surface area (Å²) < 4.78 is 31.7. The van der Waals surface area contributed by atoms with Gasteiger partial charge in [-0.2, -0.15) is 4.31 Å². The molecule has 1 aromatic heterocycles. The van der Waals surface area contributed by atoms with Gasteiger partial charge in [0.1, 0.15) is 10.7 Å². The number of hydrogen-bond acceptors (Lipinski definition) is 4. The molecule has 2 N–H and O–H groups in total. The summed E-state index contributed by atoms with van der Waals surface area (Å²) >= 11 is 0. The van der Waals surface area contributed by atoms with Crippen LogP contribution in [0.3, 0.4) is 0 Å². The highest BCUT2D eigenvalue weighted by atomic mass is 32.2. The van der Waals surface area contributed by atoms with Gasteiger partial charge in [-0.05, 0) is 31.5 Å². The number of hydrogen-bond donors (Lipinski definition) is 1. The molecule has 20 heavy (non-hydrogen) atoms. The number of rotatable bonds is 4. The molecule has 0 aliphatic rings. The van der Waals surface area contributed by atoms with Gasteiger partial charge < -0.3 is 10.2 Å². The summed E-state index contributed by atoms with van der Waals surface area (Å²) in [7, 11) is -2.09. The van der Waals surface area contributed by atoms with Gasteiger partial charge in [0.2, 0.25) is 10.0 Å². The lowest BCUT2D eigenvalue weighted by atomic mass is 10.2. The Morgan fingerprint density at radius 3 is 2.50 bits per heavy atom. The summed E-state index contributed by atoms with van der Waals surface area (Å²) in [5, 5.41) is 0. The second-order valence-corrected chi connectivity index (χ2v) is 6.74. The van der Waals surface area contributed by atoms with Crippen molar-refractivity contribution in [3.05, 3.63) is 47.4 Å². The highest BCUT2D eigenvalue weighted by molar-refractivity contribution is 7.89. The van der Waals surface area contributed by atoms with Gasteiger partial charge in [-0.3, -0.25) is 0 Å². The van der Waals surface area contributed by atoms with Crippen molar-refractivity contribution in [1.82, 2.24) is 4.31 Å². The molecule has 0 spiro atoms. The van der Waals surface area contributed by atoms with E-state index in [1.165, 1.54) is 11.4 Å².